The predicted octanol–water partition coefficient (Wildman–Crippen LogP) is 1.83. The second-order valence-corrected chi connectivity index (χ2v) is 4.28. The zero-order valence-corrected chi connectivity index (χ0v) is 10.9. The number of carbonyl (C=O) groups excluding carboxylic acids is 1. The van der Waals surface area contributed by atoms with Crippen molar-refractivity contribution in [3.63, 3.8) is 0 Å². The SMILES string of the molecule is CCCCCNCc1ccc(OCC(N)=O)cc1. The second-order valence-electron chi connectivity index (χ2n) is 4.28. The summed E-state index contributed by atoms with van der Waals surface area (Å²) < 4.78 is 5.19. The Bertz CT molecular complexity index is 349. The number of ether oxygens (including phenoxy) is 1. The van der Waals surface area contributed by atoms with E-state index in [0.29, 0.717) is 5.75 Å². The molecule has 18 heavy (non-hydrogen) atoms. The van der Waals surface area contributed by atoms with E-state index < -0.39 is 5.91 Å². The average Bonchev–Trinajstić information content (AvgIpc) is 2.37. The molecule has 100 valence electrons. The molecule has 0 spiro atoms. The third-order valence-corrected chi connectivity index (χ3v) is 2.59. The molecule has 3 N–H and O–H groups in total. The van der Waals surface area contributed by atoms with Gasteiger partial charge < -0.3 is 15.8 Å². The summed E-state index contributed by atoms with van der Waals surface area (Å²) in [7, 11) is 0. The van der Waals surface area contributed by atoms with Gasteiger partial charge in [-0.3, -0.25) is 4.79 Å². The molecule has 0 aliphatic carbocycles. The lowest BCUT2D eigenvalue weighted by molar-refractivity contribution is -0.119. The number of rotatable bonds is 9. The van der Waals surface area contributed by atoms with Crippen LogP contribution in [0, 0.1) is 0 Å². The van der Waals surface area contributed by atoms with E-state index in [1.54, 1.807) is 0 Å². The van der Waals surface area contributed by atoms with E-state index in [1.165, 1.54) is 24.8 Å². The van der Waals surface area contributed by atoms with Crippen LogP contribution in [0.1, 0.15) is 31.7 Å². The van der Waals surface area contributed by atoms with E-state index in [-0.39, 0.29) is 6.61 Å². The number of primary amides is 1. The fraction of sp³-hybridized carbons (Fsp3) is 0.500. The van der Waals surface area contributed by atoms with Gasteiger partial charge in [-0.25, -0.2) is 0 Å². The second kappa shape index (κ2) is 8.53. The third-order valence-electron chi connectivity index (χ3n) is 2.59. The molecule has 1 rings (SSSR count). The number of hydrogen-bond acceptors (Lipinski definition) is 3. The van der Waals surface area contributed by atoms with Gasteiger partial charge in [-0.1, -0.05) is 31.9 Å². The number of hydrogen-bond donors (Lipinski definition) is 2. The molecule has 1 aromatic carbocycles. The maximum atomic E-state index is 10.6. The van der Waals surface area contributed by atoms with E-state index in [1.807, 2.05) is 24.3 Å². The van der Waals surface area contributed by atoms with Crippen molar-refractivity contribution >= 4 is 5.91 Å². The molecule has 0 atom stereocenters. The number of amides is 1. The standard InChI is InChI=1S/C14H22N2O2/c1-2-3-4-9-16-10-12-5-7-13(8-6-12)18-11-14(15)17/h5-8,16H,2-4,9-11H2,1H3,(H2,15,17). The van der Waals surface area contributed by atoms with Crippen LogP contribution in [-0.2, 0) is 11.3 Å². The van der Waals surface area contributed by atoms with Gasteiger partial charge in [0, 0.05) is 6.54 Å². The Morgan fingerprint density at radius 3 is 2.61 bits per heavy atom. The van der Waals surface area contributed by atoms with Crippen molar-refractivity contribution in [2.24, 2.45) is 5.73 Å². The maximum absolute atomic E-state index is 10.6. The first-order valence-electron chi connectivity index (χ1n) is 6.43. The first-order valence-corrected chi connectivity index (χ1v) is 6.43. The lowest BCUT2D eigenvalue weighted by Crippen LogP contribution is -2.20. The Balaban J connectivity index is 2.25. The summed E-state index contributed by atoms with van der Waals surface area (Å²) >= 11 is 0. The van der Waals surface area contributed by atoms with Crippen LogP contribution < -0.4 is 15.8 Å². The molecule has 1 aromatic rings. The minimum absolute atomic E-state index is 0.0748. The summed E-state index contributed by atoms with van der Waals surface area (Å²) in [6, 6.07) is 7.68. The van der Waals surface area contributed by atoms with Crippen molar-refractivity contribution in [2.45, 2.75) is 32.7 Å². The summed E-state index contributed by atoms with van der Waals surface area (Å²) in [5, 5.41) is 3.39. The molecule has 0 aliphatic rings. The summed E-state index contributed by atoms with van der Waals surface area (Å²) in [5.41, 5.74) is 6.21. The number of unbranched alkanes of at least 4 members (excludes halogenated alkanes) is 2. The van der Waals surface area contributed by atoms with Crippen LogP contribution in [0.25, 0.3) is 0 Å². The van der Waals surface area contributed by atoms with Gasteiger partial charge in [0.15, 0.2) is 6.61 Å². The Labute approximate surface area is 109 Å². The Hall–Kier alpha value is -1.55. The predicted molar refractivity (Wildman–Crippen MR) is 72.4 cm³/mol. The molecule has 0 aliphatic heterocycles. The van der Waals surface area contributed by atoms with E-state index in [0.717, 1.165) is 13.1 Å². The molecule has 0 unspecified atom stereocenters. The molecule has 0 saturated carbocycles. The molecule has 0 heterocycles. The van der Waals surface area contributed by atoms with Gasteiger partial charge in [0.25, 0.3) is 5.91 Å². The van der Waals surface area contributed by atoms with Gasteiger partial charge in [-0.15, -0.1) is 0 Å². The number of nitrogens with one attached hydrogen (secondary N) is 1. The van der Waals surface area contributed by atoms with Crippen molar-refractivity contribution in [1.82, 2.24) is 5.32 Å². The smallest absolute Gasteiger partial charge is 0.255 e. The Morgan fingerprint density at radius 2 is 2.00 bits per heavy atom. The molecule has 0 fully saturated rings. The molecular formula is C14H22N2O2. The largest absolute Gasteiger partial charge is 0.484 e. The molecule has 0 aromatic heterocycles. The van der Waals surface area contributed by atoms with E-state index in [2.05, 4.69) is 12.2 Å². The van der Waals surface area contributed by atoms with Crippen LogP contribution in [-0.4, -0.2) is 19.1 Å². The van der Waals surface area contributed by atoms with Gasteiger partial charge in [0.05, 0.1) is 0 Å². The van der Waals surface area contributed by atoms with Crippen molar-refractivity contribution in [3.8, 4) is 5.75 Å². The van der Waals surface area contributed by atoms with Crippen molar-refractivity contribution in [3.05, 3.63) is 29.8 Å². The first-order chi connectivity index (χ1) is 8.72. The third kappa shape index (κ3) is 6.25. The quantitative estimate of drug-likeness (QED) is 0.657. The molecular weight excluding hydrogens is 228 g/mol. The van der Waals surface area contributed by atoms with Crippen LogP contribution in [0.4, 0.5) is 0 Å². The summed E-state index contributed by atoms with van der Waals surface area (Å²) in [5.74, 6) is 0.209. The highest BCUT2D eigenvalue weighted by molar-refractivity contribution is 5.75. The van der Waals surface area contributed by atoms with Gasteiger partial charge >= 0.3 is 0 Å². The van der Waals surface area contributed by atoms with Crippen LogP contribution in [0.2, 0.25) is 0 Å². The van der Waals surface area contributed by atoms with Crippen LogP contribution in [0.15, 0.2) is 24.3 Å². The highest BCUT2D eigenvalue weighted by Crippen LogP contribution is 2.11. The lowest BCUT2D eigenvalue weighted by atomic mass is 10.2. The van der Waals surface area contributed by atoms with Crippen molar-refractivity contribution < 1.29 is 9.53 Å². The first kappa shape index (κ1) is 14.5. The average molecular weight is 250 g/mol. The van der Waals surface area contributed by atoms with Crippen molar-refractivity contribution in [2.75, 3.05) is 13.2 Å². The zero-order chi connectivity index (χ0) is 13.2. The fourth-order valence-electron chi connectivity index (χ4n) is 1.59. The minimum atomic E-state index is -0.461. The lowest BCUT2D eigenvalue weighted by Gasteiger charge is -2.06. The highest BCUT2D eigenvalue weighted by atomic mass is 16.5. The minimum Gasteiger partial charge on any atom is -0.484 e. The molecule has 0 saturated heterocycles. The van der Waals surface area contributed by atoms with Gasteiger partial charge in [0.2, 0.25) is 0 Å². The molecule has 4 heteroatoms. The zero-order valence-electron chi connectivity index (χ0n) is 10.9. The van der Waals surface area contributed by atoms with E-state index >= 15 is 0 Å². The van der Waals surface area contributed by atoms with Gasteiger partial charge in [0.1, 0.15) is 5.75 Å². The monoisotopic (exact) mass is 250 g/mol. The summed E-state index contributed by atoms with van der Waals surface area (Å²) in [6.45, 7) is 4.03. The fourth-order valence-corrected chi connectivity index (χ4v) is 1.59. The topological polar surface area (TPSA) is 64.3 Å². The maximum Gasteiger partial charge on any atom is 0.255 e. The normalized spacial score (nSPS) is 10.3. The Kier molecular flexibility index (Phi) is 6.87. The van der Waals surface area contributed by atoms with Crippen molar-refractivity contribution in [1.29, 1.82) is 0 Å². The summed E-state index contributed by atoms with van der Waals surface area (Å²) in [6.07, 6.45) is 3.73. The number of carbonyl (C=O) groups is 1. The molecule has 4 nitrogen and oxygen atoms in total. The highest BCUT2D eigenvalue weighted by Gasteiger charge is 1.98. The Morgan fingerprint density at radius 1 is 1.28 bits per heavy atom. The van der Waals surface area contributed by atoms with Gasteiger partial charge in [-0.05, 0) is 30.7 Å². The molecule has 0 bridgehead atoms. The molecule has 0 radical (unpaired) electrons. The van der Waals surface area contributed by atoms with Gasteiger partial charge in [-0.2, -0.15) is 0 Å². The summed E-state index contributed by atoms with van der Waals surface area (Å²) in [4.78, 5) is 10.6. The van der Waals surface area contributed by atoms with Crippen LogP contribution >= 0.6 is 0 Å². The van der Waals surface area contributed by atoms with E-state index in [4.69, 9.17) is 10.5 Å². The van der Waals surface area contributed by atoms with Crippen LogP contribution in [0.3, 0.4) is 0 Å². The van der Waals surface area contributed by atoms with E-state index in [9.17, 15) is 4.79 Å². The number of nitrogens with two attached hydrogens (primary N) is 1. The number of benzene rings is 1. The molecule has 1 amide bonds. The van der Waals surface area contributed by atoms with Crippen LogP contribution in [0.5, 0.6) is 5.75 Å².